The van der Waals surface area contributed by atoms with Crippen LogP contribution in [-0.4, -0.2) is 20.9 Å². The number of halogens is 3. The van der Waals surface area contributed by atoms with E-state index in [2.05, 4.69) is 15.6 Å². The fourth-order valence-corrected chi connectivity index (χ4v) is 2.36. The Morgan fingerprint density at radius 1 is 1.12 bits per heavy atom. The van der Waals surface area contributed by atoms with Crippen molar-refractivity contribution in [3.8, 4) is 0 Å². The third kappa shape index (κ3) is 3.41. The summed E-state index contributed by atoms with van der Waals surface area (Å²) in [4.78, 5) is 24.8. The highest BCUT2D eigenvalue weighted by Gasteiger charge is 2.30. The molecule has 1 N–H and O–H groups in total. The molecule has 134 valence electrons. The van der Waals surface area contributed by atoms with Gasteiger partial charge in [-0.05, 0) is 43.3 Å². The van der Waals surface area contributed by atoms with Gasteiger partial charge in [-0.25, -0.2) is 0 Å². The molecule has 9 heteroatoms. The molecule has 1 amide bonds. The minimum absolute atomic E-state index is 0.177. The summed E-state index contributed by atoms with van der Waals surface area (Å²) in [6.45, 7) is 1.45. The van der Waals surface area contributed by atoms with Crippen LogP contribution in [0.3, 0.4) is 0 Å². The number of hydrogen-bond acceptors (Lipinski definition) is 4. The zero-order valence-electron chi connectivity index (χ0n) is 13.5. The molecular weight excluding hydrogens is 349 g/mol. The predicted octanol–water partition coefficient (Wildman–Crippen LogP) is 3.01. The molecule has 0 radical (unpaired) electrons. The first-order chi connectivity index (χ1) is 12.3. The zero-order valence-corrected chi connectivity index (χ0v) is 13.5. The van der Waals surface area contributed by atoms with Gasteiger partial charge in [0.05, 0.1) is 10.9 Å². The summed E-state index contributed by atoms with van der Waals surface area (Å²) in [5.41, 5.74) is -0.716. The van der Waals surface area contributed by atoms with Crippen LogP contribution >= 0.6 is 0 Å². The van der Waals surface area contributed by atoms with Crippen molar-refractivity contribution in [3.63, 3.8) is 0 Å². The maximum absolute atomic E-state index is 12.6. The van der Waals surface area contributed by atoms with Gasteiger partial charge in [-0.3, -0.25) is 9.59 Å². The summed E-state index contributed by atoms with van der Waals surface area (Å²) in [7, 11) is 0. The molecule has 0 aliphatic heterocycles. The largest absolute Gasteiger partial charge is 0.416 e. The van der Waals surface area contributed by atoms with E-state index in [1.165, 1.54) is 6.92 Å². The molecule has 2 aromatic carbocycles. The van der Waals surface area contributed by atoms with Gasteiger partial charge in [0, 0.05) is 5.69 Å². The molecule has 0 saturated carbocycles. The number of alkyl halides is 3. The van der Waals surface area contributed by atoms with E-state index in [4.69, 9.17) is 0 Å². The standard InChI is InChI=1S/C17H13F3N4O2/c1-10(24-16(26)13-4-2-3-5-14(13)22-23-24)15(25)21-12-8-6-11(7-9-12)17(18,19)20/h2-10H,1H3,(H,21,25). The zero-order chi connectivity index (χ0) is 18.9. The van der Waals surface area contributed by atoms with Gasteiger partial charge in [0.25, 0.3) is 5.56 Å². The number of nitrogens with zero attached hydrogens (tertiary/aromatic N) is 3. The summed E-state index contributed by atoms with van der Waals surface area (Å²) in [6.07, 6.45) is -4.45. The number of fused-ring (bicyclic) bond motifs is 1. The maximum Gasteiger partial charge on any atom is 0.416 e. The first kappa shape index (κ1) is 17.6. The van der Waals surface area contributed by atoms with E-state index >= 15 is 0 Å². The predicted molar refractivity (Wildman–Crippen MR) is 88.6 cm³/mol. The molecule has 0 aliphatic rings. The number of aromatic nitrogens is 3. The third-order valence-corrected chi connectivity index (χ3v) is 3.82. The van der Waals surface area contributed by atoms with Gasteiger partial charge in [0.1, 0.15) is 11.6 Å². The van der Waals surface area contributed by atoms with Gasteiger partial charge in [0.15, 0.2) is 0 Å². The SMILES string of the molecule is CC(C(=O)Nc1ccc(C(F)(F)F)cc1)n1nnc2ccccc2c1=O. The van der Waals surface area contributed by atoms with Crippen molar-refractivity contribution in [2.24, 2.45) is 0 Å². The molecule has 0 spiro atoms. The lowest BCUT2D eigenvalue weighted by Gasteiger charge is -2.14. The fraction of sp³-hybridized carbons (Fsp3) is 0.176. The Bertz CT molecular complexity index is 1010. The lowest BCUT2D eigenvalue weighted by atomic mass is 10.2. The molecule has 3 rings (SSSR count). The number of carbonyl (C=O) groups excluding carboxylic acids is 1. The molecular formula is C17H13F3N4O2. The van der Waals surface area contributed by atoms with Gasteiger partial charge in [-0.15, -0.1) is 5.10 Å². The monoisotopic (exact) mass is 362 g/mol. The van der Waals surface area contributed by atoms with E-state index in [0.717, 1.165) is 28.9 Å². The first-order valence-corrected chi connectivity index (χ1v) is 7.60. The molecule has 0 bridgehead atoms. The van der Waals surface area contributed by atoms with E-state index < -0.39 is 29.2 Å². The highest BCUT2D eigenvalue weighted by molar-refractivity contribution is 5.93. The molecule has 1 atom stereocenters. The molecule has 26 heavy (non-hydrogen) atoms. The number of hydrogen-bond donors (Lipinski definition) is 1. The number of anilines is 1. The summed E-state index contributed by atoms with van der Waals surface area (Å²) < 4.78 is 38.6. The van der Waals surface area contributed by atoms with Crippen LogP contribution in [-0.2, 0) is 11.0 Å². The minimum Gasteiger partial charge on any atom is -0.324 e. The Hall–Kier alpha value is -3.23. The highest BCUT2D eigenvalue weighted by atomic mass is 19.4. The molecule has 6 nitrogen and oxygen atoms in total. The van der Waals surface area contributed by atoms with Crippen LogP contribution in [0.2, 0.25) is 0 Å². The Balaban J connectivity index is 1.82. The summed E-state index contributed by atoms with van der Waals surface area (Å²) in [5, 5.41) is 10.4. The van der Waals surface area contributed by atoms with Crippen LogP contribution in [0.5, 0.6) is 0 Å². The minimum atomic E-state index is -4.45. The van der Waals surface area contributed by atoms with Crippen molar-refractivity contribution < 1.29 is 18.0 Å². The van der Waals surface area contributed by atoms with Crippen molar-refractivity contribution in [2.45, 2.75) is 19.1 Å². The van der Waals surface area contributed by atoms with Gasteiger partial charge in [0.2, 0.25) is 5.91 Å². The van der Waals surface area contributed by atoms with Gasteiger partial charge < -0.3 is 5.32 Å². The highest BCUT2D eigenvalue weighted by Crippen LogP contribution is 2.29. The van der Waals surface area contributed by atoms with Crippen LogP contribution in [0.25, 0.3) is 10.9 Å². The van der Waals surface area contributed by atoms with Gasteiger partial charge in [-0.1, -0.05) is 17.3 Å². The number of amides is 1. The summed E-state index contributed by atoms with van der Waals surface area (Å²) in [6, 6.07) is 9.59. The topological polar surface area (TPSA) is 76.9 Å². The number of benzene rings is 2. The Labute approximate surface area is 145 Å². The van der Waals surface area contributed by atoms with Crippen molar-refractivity contribution >= 4 is 22.5 Å². The van der Waals surface area contributed by atoms with E-state index in [-0.39, 0.29) is 5.69 Å². The third-order valence-electron chi connectivity index (χ3n) is 3.82. The average molecular weight is 362 g/mol. The molecule has 1 unspecified atom stereocenters. The Morgan fingerprint density at radius 3 is 2.42 bits per heavy atom. The van der Waals surface area contributed by atoms with Crippen LogP contribution < -0.4 is 10.9 Å². The summed E-state index contributed by atoms with van der Waals surface area (Å²) >= 11 is 0. The smallest absolute Gasteiger partial charge is 0.324 e. The molecule has 0 saturated heterocycles. The average Bonchev–Trinajstić information content (AvgIpc) is 2.61. The fourth-order valence-electron chi connectivity index (χ4n) is 2.36. The number of carbonyl (C=O) groups is 1. The van der Waals surface area contributed by atoms with Crippen LogP contribution in [0.4, 0.5) is 18.9 Å². The van der Waals surface area contributed by atoms with Crippen molar-refractivity contribution in [1.29, 1.82) is 0 Å². The normalized spacial score (nSPS) is 12.8. The lowest BCUT2D eigenvalue weighted by molar-refractivity contribution is -0.137. The molecule has 0 fully saturated rings. The quantitative estimate of drug-likeness (QED) is 0.777. The maximum atomic E-state index is 12.6. The Kier molecular flexibility index (Phi) is 4.45. The van der Waals surface area contributed by atoms with Crippen LogP contribution in [0.1, 0.15) is 18.5 Å². The van der Waals surface area contributed by atoms with E-state index in [1.54, 1.807) is 24.3 Å². The lowest BCUT2D eigenvalue weighted by Crippen LogP contribution is -2.34. The van der Waals surface area contributed by atoms with E-state index in [9.17, 15) is 22.8 Å². The molecule has 1 heterocycles. The Morgan fingerprint density at radius 2 is 1.77 bits per heavy atom. The molecule has 0 aliphatic carbocycles. The van der Waals surface area contributed by atoms with Crippen LogP contribution in [0, 0.1) is 0 Å². The molecule has 1 aromatic heterocycles. The van der Waals surface area contributed by atoms with E-state index in [1.807, 2.05) is 0 Å². The van der Waals surface area contributed by atoms with Crippen molar-refractivity contribution in [3.05, 3.63) is 64.4 Å². The number of nitrogens with one attached hydrogen (secondary N) is 1. The second-order valence-corrected chi connectivity index (χ2v) is 5.60. The number of rotatable bonds is 3. The second-order valence-electron chi connectivity index (χ2n) is 5.60. The van der Waals surface area contributed by atoms with E-state index in [0.29, 0.717) is 10.9 Å². The van der Waals surface area contributed by atoms with Crippen molar-refractivity contribution in [2.75, 3.05) is 5.32 Å². The van der Waals surface area contributed by atoms with Gasteiger partial charge >= 0.3 is 6.18 Å². The summed E-state index contributed by atoms with van der Waals surface area (Å²) in [5.74, 6) is -0.601. The van der Waals surface area contributed by atoms with Crippen molar-refractivity contribution in [1.82, 2.24) is 15.0 Å². The van der Waals surface area contributed by atoms with Crippen LogP contribution in [0.15, 0.2) is 53.3 Å². The second kappa shape index (κ2) is 6.58. The first-order valence-electron chi connectivity index (χ1n) is 7.60. The molecule has 3 aromatic rings. The van der Waals surface area contributed by atoms with Gasteiger partial charge in [-0.2, -0.15) is 17.9 Å².